The second kappa shape index (κ2) is 6.22. The van der Waals surface area contributed by atoms with E-state index in [4.69, 9.17) is 16.0 Å². The van der Waals surface area contributed by atoms with E-state index in [1.54, 1.807) is 18.4 Å². The normalized spacial score (nSPS) is 12.6. The summed E-state index contributed by atoms with van der Waals surface area (Å²) in [5.41, 5.74) is 1.51. The van der Waals surface area contributed by atoms with E-state index >= 15 is 0 Å². The molecule has 0 bridgehead atoms. The SMILES string of the molecule is CCCNC(c1coc(C)c1)c1ccc(Cl)cc1F. The third-order valence-electron chi connectivity index (χ3n) is 2.96. The van der Waals surface area contributed by atoms with E-state index in [1.807, 2.05) is 13.0 Å². The van der Waals surface area contributed by atoms with Gasteiger partial charge in [0.1, 0.15) is 11.6 Å². The number of benzene rings is 1. The summed E-state index contributed by atoms with van der Waals surface area (Å²) in [5, 5.41) is 3.73. The molecular weight excluding hydrogens is 265 g/mol. The van der Waals surface area contributed by atoms with Crippen molar-refractivity contribution in [1.29, 1.82) is 0 Å². The van der Waals surface area contributed by atoms with Crippen molar-refractivity contribution < 1.29 is 8.81 Å². The average Bonchev–Trinajstić information content (AvgIpc) is 2.78. The molecule has 0 fully saturated rings. The molecule has 0 aliphatic carbocycles. The summed E-state index contributed by atoms with van der Waals surface area (Å²) < 4.78 is 19.4. The first kappa shape index (κ1) is 14.1. The van der Waals surface area contributed by atoms with Crippen LogP contribution in [0.1, 0.15) is 36.3 Å². The average molecular weight is 282 g/mol. The minimum absolute atomic E-state index is 0.213. The van der Waals surface area contributed by atoms with Gasteiger partial charge in [0.05, 0.1) is 12.3 Å². The number of nitrogens with one attached hydrogen (secondary N) is 1. The molecule has 1 N–H and O–H groups in total. The second-order valence-electron chi connectivity index (χ2n) is 4.54. The van der Waals surface area contributed by atoms with Gasteiger partial charge in [0.25, 0.3) is 0 Å². The zero-order chi connectivity index (χ0) is 13.8. The van der Waals surface area contributed by atoms with E-state index in [0.29, 0.717) is 10.6 Å². The molecule has 1 aromatic heterocycles. The van der Waals surface area contributed by atoms with Crippen LogP contribution in [0.5, 0.6) is 0 Å². The van der Waals surface area contributed by atoms with Crippen molar-refractivity contribution in [2.24, 2.45) is 0 Å². The highest BCUT2D eigenvalue weighted by Crippen LogP contribution is 2.27. The van der Waals surface area contributed by atoms with Crippen LogP contribution in [0.15, 0.2) is 34.9 Å². The van der Waals surface area contributed by atoms with Gasteiger partial charge in [-0.25, -0.2) is 4.39 Å². The Morgan fingerprint density at radius 2 is 2.16 bits per heavy atom. The van der Waals surface area contributed by atoms with E-state index in [0.717, 1.165) is 24.3 Å². The molecule has 2 nitrogen and oxygen atoms in total. The molecule has 0 spiro atoms. The Morgan fingerprint density at radius 3 is 2.74 bits per heavy atom. The molecule has 1 unspecified atom stereocenters. The van der Waals surface area contributed by atoms with Crippen molar-refractivity contribution in [1.82, 2.24) is 5.32 Å². The maximum atomic E-state index is 14.1. The lowest BCUT2D eigenvalue weighted by atomic mass is 10.00. The third-order valence-corrected chi connectivity index (χ3v) is 3.19. The first-order chi connectivity index (χ1) is 9.11. The fourth-order valence-electron chi connectivity index (χ4n) is 2.05. The van der Waals surface area contributed by atoms with Crippen LogP contribution >= 0.6 is 11.6 Å². The number of hydrogen-bond donors (Lipinski definition) is 1. The molecule has 4 heteroatoms. The Bertz CT molecular complexity index is 553. The zero-order valence-electron chi connectivity index (χ0n) is 11.0. The highest BCUT2D eigenvalue weighted by molar-refractivity contribution is 6.30. The summed E-state index contributed by atoms with van der Waals surface area (Å²) in [6.07, 6.45) is 2.64. The van der Waals surface area contributed by atoms with E-state index in [-0.39, 0.29) is 11.9 Å². The van der Waals surface area contributed by atoms with E-state index < -0.39 is 0 Å². The van der Waals surface area contributed by atoms with Gasteiger partial charge in [-0.2, -0.15) is 0 Å². The van der Waals surface area contributed by atoms with Crippen molar-refractivity contribution in [3.63, 3.8) is 0 Å². The molecule has 1 heterocycles. The molecule has 0 radical (unpaired) electrons. The Balaban J connectivity index is 2.36. The van der Waals surface area contributed by atoms with Crippen LogP contribution in [0, 0.1) is 12.7 Å². The molecule has 0 aliphatic rings. The van der Waals surface area contributed by atoms with Crippen LogP contribution in [-0.4, -0.2) is 6.54 Å². The number of aryl methyl sites for hydroxylation is 1. The van der Waals surface area contributed by atoms with Crippen LogP contribution in [-0.2, 0) is 0 Å². The first-order valence-electron chi connectivity index (χ1n) is 6.35. The fraction of sp³-hybridized carbons (Fsp3) is 0.333. The van der Waals surface area contributed by atoms with Gasteiger partial charge in [0, 0.05) is 16.1 Å². The first-order valence-corrected chi connectivity index (χ1v) is 6.73. The van der Waals surface area contributed by atoms with Gasteiger partial charge < -0.3 is 9.73 Å². The lowest BCUT2D eigenvalue weighted by Gasteiger charge is -2.18. The number of furan rings is 1. The maximum absolute atomic E-state index is 14.1. The van der Waals surface area contributed by atoms with Crippen molar-refractivity contribution in [3.8, 4) is 0 Å². The van der Waals surface area contributed by atoms with Crippen molar-refractivity contribution in [2.45, 2.75) is 26.3 Å². The van der Waals surface area contributed by atoms with Gasteiger partial charge in [-0.1, -0.05) is 24.6 Å². The number of rotatable bonds is 5. The van der Waals surface area contributed by atoms with Gasteiger partial charge in [-0.3, -0.25) is 0 Å². The summed E-state index contributed by atoms with van der Waals surface area (Å²) in [7, 11) is 0. The molecule has 0 saturated heterocycles. The Labute approximate surface area is 117 Å². The molecule has 2 rings (SSSR count). The summed E-state index contributed by atoms with van der Waals surface area (Å²) in [6.45, 7) is 4.75. The molecule has 0 aliphatic heterocycles. The van der Waals surface area contributed by atoms with Crippen molar-refractivity contribution >= 4 is 11.6 Å². The quantitative estimate of drug-likeness (QED) is 0.875. The van der Waals surface area contributed by atoms with Gasteiger partial charge in [-0.15, -0.1) is 0 Å². The molecule has 1 atom stereocenters. The fourth-order valence-corrected chi connectivity index (χ4v) is 2.21. The minimum Gasteiger partial charge on any atom is -0.469 e. The van der Waals surface area contributed by atoms with Gasteiger partial charge in [0.2, 0.25) is 0 Å². The van der Waals surface area contributed by atoms with Crippen LogP contribution in [0.25, 0.3) is 0 Å². The van der Waals surface area contributed by atoms with E-state index in [1.165, 1.54) is 6.07 Å². The van der Waals surface area contributed by atoms with Crippen LogP contribution in [0.4, 0.5) is 4.39 Å². The highest BCUT2D eigenvalue weighted by Gasteiger charge is 2.19. The summed E-state index contributed by atoms with van der Waals surface area (Å²) in [5.74, 6) is 0.507. The van der Waals surface area contributed by atoms with E-state index in [9.17, 15) is 4.39 Å². The maximum Gasteiger partial charge on any atom is 0.129 e. The minimum atomic E-state index is -0.306. The highest BCUT2D eigenvalue weighted by atomic mass is 35.5. The lowest BCUT2D eigenvalue weighted by molar-refractivity contribution is 0.516. The van der Waals surface area contributed by atoms with Gasteiger partial charge >= 0.3 is 0 Å². The van der Waals surface area contributed by atoms with Crippen LogP contribution < -0.4 is 5.32 Å². The Morgan fingerprint density at radius 1 is 1.37 bits per heavy atom. The molecule has 0 saturated carbocycles. The second-order valence-corrected chi connectivity index (χ2v) is 4.98. The monoisotopic (exact) mass is 281 g/mol. The number of halogens is 2. The van der Waals surface area contributed by atoms with E-state index in [2.05, 4.69) is 12.2 Å². The molecule has 1 aromatic carbocycles. The van der Waals surface area contributed by atoms with Crippen molar-refractivity contribution in [2.75, 3.05) is 6.54 Å². The zero-order valence-corrected chi connectivity index (χ0v) is 11.8. The summed E-state index contributed by atoms with van der Waals surface area (Å²) in [4.78, 5) is 0. The smallest absolute Gasteiger partial charge is 0.129 e. The Kier molecular flexibility index (Phi) is 4.61. The topological polar surface area (TPSA) is 25.2 Å². The summed E-state index contributed by atoms with van der Waals surface area (Å²) in [6, 6.07) is 6.46. The predicted octanol–water partition coefficient (Wildman–Crippen LogP) is 4.47. The lowest BCUT2D eigenvalue weighted by Crippen LogP contribution is -2.23. The number of hydrogen-bond acceptors (Lipinski definition) is 2. The molecule has 102 valence electrons. The van der Waals surface area contributed by atoms with Crippen LogP contribution in [0.3, 0.4) is 0 Å². The van der Waals surface area contributed by atoms with Crippen LogP contribution in [0.2, 0.25) is 5.02 Å². The predicted molar refractivity (Wildman–Crippen MR) is 75.0 cm³/mol. The molecule has 2 aromatic rings. The summed E-state index contributed by atoms with van der Waals surface area (Å²) >= 11 is 5.80. The molecule has 0 amide bonds. The van der Waals surface area contributed by atoms with Crippen molar-refractivity contribution in [3.05, 3.63) is 58.3 Å². The third kappa shape index (κ3) is 3.37. The standard InChI is InChI=1S/C15H17ClFNO/c1-3-6-18-15(11-7-10(2)19-9-11)13-5-4-12(16)8-14(13)17/h4-5,7-9,15,18H,3,6H2,1-2H3. The molecule has 19 heavy (non-hydrogen) atoms. The Hall–Kier alpha value is -1.32. The molecular formula is C15H17ClFNO. The largest absolute Gasteiger partial charge is 0.469 e. The van der Waals surface area contributed by atoms with Gasteiger partial charge in [-0.05, 0) is 38.1 Å². The van der Waals surface area contributed by atoms with Gasteiger partial charge in [0.15, 0.2) is 0 Å².